The van der Waals surface area contributed by atoms with E-state index in [-0.39, 0.29) is 17.0 Å². The lowest BCUT2D eigenvalue weighted by atomic mass is 10.2. The highest BCUT2D eigenvalue weighted by Crippen LogP contribution is 2.10. The summed E-state index contributed by atoms with van der Waals surface area (Å²) in [6.45, 7) is 1.77. The maximum Gasteiger partial charge on any atom is 0.250 e. The standard InChI is InChI=1S/C14H13ClN4O/c1-9-8-12(15)18-14(17-9)19-13(20)7-4-10-2-5-11(16)6-3-10/h2-8H,16H2,1H3,(H,17,18,19,20)/b7-4+. The van der Waals surface area contributed by atoms with E-state index in [0.29, 0.717) is 11.4 Å². The van der Waals surface area contributed by atoms with Crippen LogP contribution in [-0.2, 0) is 4.79 Å². The summed E-state index contributed by atoms with van der Waals surface area (Å²) in [4.78, 5) is 19.7. The predicted molar refractivity (Wildman–Crippen MR) is 80.3 cm³/mol. The quantitative estimate of drug-likeness (QED) is 0.517. The zero-order valence-electron chi connectivity index (χ0n) is 10.8. The maximum atomic E-state index is 11.7. The molecule has 3 N–H and O–H groups in total. The van der Waals surface area contributed by atoms with Crippen LogP contribution in [0.3, 0.4) is 0 Å². The van der Waals surface area contributed by atoms with E-state index in [1.165, 1.54) is 6.08 Å². The largest absolute Gasteiger partial charge is 0.399 e. The molecule has 5 nitrogen and oxygen atoms in total. The van der Waals surface area contributed by atoms with Crippen LogP contribution in [-0.4, -0.2) is 15.9 Å². The molecule has 1 amide bonds. The minimum atomic E-state index is -0.330. The summed E-state index contributed by atoms with van der Waals surface area (Å²) >= 11 is 5.79. The van der Waals surface area contributed by atoms with Gasteiger partial charge in [0.1, 0.15) is 5.15 Å². The zero-order chi connectivity index (χ0) is 14.5. The third-order valence-electron chi connectivity index (χ3n) is 2.42. The monoisotopic (exact) mass is 288 g/mol. The van der Waals surface area contributed by atoms with E-state index >= 15 is 0 Å². The second-order valence-electron chi connectivity index (χ2n) is 4.14. The van der Waals surface area contributed by atoms with Crippen molar-refractivity contribution in [1.29, 1.82) is 0 Å². The minimum Gasteiger partial charge on any atom is -0.399 e. The molecule has 0 unspecified atom stereocenters. The number of nitrogen functional groups attached to an aromatic ring is 1. The molecule has 102 valence electrons. The molecule has 0 aliphatic rings. The van der Waals surface area contributed by atoms with Crippen molar-refractivity contribution in [2.24, 2.45) is 0 Å². The molecule has 0 saturated carbocycles. The number of aryl methyl sites for hydroxylation is 1. The summed E-state index contributed by atoms with van der Waals surface area (Å²) in [5.74, 6) is -0.148. The van der Waals surface area contributed by atoms with Gasteiger partial charge in [0.05, 0.1) is 0 Å². The second kappa shape index (κ2) is 6.16. The number of carbonyl (C=O) groups excluding carboxylic acids is 1. The highest BCUT2D eigenvalue weighted by molar-refractivity contribution is 6.29. The molecule has 0 radical (unpaired) electrons. The van der Waals surface area contributed by atoms with Crippen molar-refractivity contribution in [2.75, 3.05) is 11.1 Å². The smallest absolute Gasteiger partial charge is 0.250 e. The fraction of sp³-hybridized carbons (Fsp3) is 0.0714. The third-order valence-corrected chi connectivity index (χ3v) is 2.62. The number of amides is 1. The molecule has 1 aromatic heterocycles. The lowest BCUT2D eigenvalue weighted by Crippen LogP contribution is -2.11. The molecule has 0 aliphatic carbocycles. The maximum absolute atomic E-state index is 11.7. The highest BCUT2D eigenvalue weighted by Gasteiger charge is 2.03. The Labute approximate surface area is 121 Å². The summed E-state index contributed by atoms with van der Waals surface area (Å²) in [6.07, 6.45) is 3.07. The molecule has 2 aromatic rings. The van der Waals surface area contributed by atoms with Crippen molar-refractivity contribution in [3.05, 3.63) is 52.8 Å². The van der Waals surface area contributed by atoms with Gasteiger partial charge in [-0.2, -0.15) is 0 Å². The topological polar surface area (TPSA) is 80.9 Å². The molecule has 20 heavy (non-hydrogen) atoms. The average Bonchev–Trinajstić information content (AvgIpc) is 2.37. The van der Waals surface area contributed by atoms with Crippen molar-refractivity contribution < 1.29 is 4.79 Å². The van der Waals surface area contributed by atoms with Crippen LogP contribution in [0.25, 0.3) is 6.08 Å². The first-order valence-electron chi connectivity index (χ1n) is 5.89. The van der Waals surface area contributed by atoms with Crippen molar-refractivity contribution in [2.45, 2.75) is 6.92 Å². The van der Waals surface area contributed by atoms with Crippen LogP contribution in [0.2, 0.25) is 5.15 Å². The van der Waals surface area contributed by atoms with Crippen LogP contribution in [0.1, 0.15) is 11.3 Å². The van der Waals surface area contributed by atoms with Gasteiger partial charge in [0.25, 0.3) is 5.91 Å². The van der Waals surface area contributed by atoms with Gasteiger partial charge in [-0.05, 0) is 36.8 Å². The first-order valence-corrected chi connectivity index (χ1v) is 6.26. The van der Waals surface area contributed by atoms with Crippen molar-refractivity contribution >= 4 is 35.2 Å². The number of rotatable bonds is 3. The van der Waals surface area contributed by atoms with Gasteiger partial charge >= 0.3 is 0 Å². The molecule has 0 aliphatic heterocycles. The molecule has 1 heterocycles. The van der Waals surface area contributed by atoms with Gasteiger partial charge in [-0.15, -0.1) is 0 Å². The molecule has 0 saturated heterocycles. The number of benzene rings is 1. The Kier molecular flexibility index (Phi) is 4.32. The Hall–Kier alpha value is -2.40. The van der Waals surface area contributed by atoms with Gasteiger partial charge in [-0.3, -0.25) is 10.1 Å². The molecular weight excluding hydrogens is 276 g/mol. The van der Waals surface area contributed by atoms with Gasteiger partial charge < -0.3 is 5.73 Å². The molecule has 0 bridgehead atoms. The second-order valence-corrected chi connectivity index (χ2v) is 4.53. The first-order chi connectivity index (χ1) is 9.52. The number of nitrogens with two attached hydrogens (primary N) is 1. The molecule has 0 atom stereocenters. The molecular formula is C14H13ClN4O. The number of aromatic nitrogens is 2. The molecule has 2 rings (SSSR count). The van der Waals surface area contributed by atoms with Crippen LogP contribution < -0.4 is 11.1 Å². The fourth-order valence-corrected chi connectivity index (χ4v) is 1.75. The Bertz CT molecular complexity index is 632. The van der Waals surface area contributed by atoms with Crippen LogP contribution in [0, 0.1) is 6.92 Å². The van der Waals surface area contributed by atoms with Crippen LogP contribution >= 0.6 is 11.6 Å². The zero-order valence-corrected chi connectivity index (χ0v) is 11.6. The van der Waals surface area contributed by atoms with E-state index < -0.39 is 0 Å². The van der Waals surface area contributed by atoms with Crippen LogP contribution in [0.5, 0.6) is 0 Å². The third kappa shape index (κ3) is 4.07. The molecule has 6 heteroatoms. The summed E-state index contributed by atoms with van der Waals surface area (Å²) in [7, 11) is 0. The van der Waals surface area contributed by atoms with Gasteiger partial charge in [-0.1, -0.05) is 23.7 Å². The number of halogens is 1. The minimum absolute atomic E-state index is 0.182. The Morgan fingerprint density at radius 3 is 2.65 bits per heavy atom. The van der Waals surface area contributed by atoms with Gasteiger partial charge in [0.15, 0.2) is 0 Å². The Morgan fingerprint density at radius 1 is 1.30 bits per heavy atom. The van der Waals surface area contributed by atoms with E-state index in [1.54, 1.807) is 31.2 Å². The summed E-state index contributed by atoms with van der Waals surface area (Å²) in [5, 5.41) is 2.84. The normalized spacial score (nSPS) is 10.7. The number of hydrogen-bond acceptors (Lipinski definition) is 4. The lowest BCUT2D eigenvalue weighted by molar-refractivity contribution is -0.111. The molecule has 0 spiro atoms. The number of nitrogens with zero attached hydrogens (tertiary/aromatic N) is 2. The number of nitrogens with one attached hydrogen (secondary N) is 1. The van der Waals surface area contributed by atoms with E-state index in [0.717, 1.165) is 5.56 Å². The Morgan fingerprint density at radius 2 is 2.00 bits per heavy atom. The van der Waals surface area contributed by atoms with Gasteiger partial charge in [0.2, 0.25) is 5.95 Å². The van der Waals surface area contributed by atoms with Crippen LogP contribution in [0.4, 0.5) is 11.6 Å². The SMILES string of the molecule is Cc1cc(Cl)nc(NC(=O)/C=C/c2ccc(N)cc2)n1. The number of anilines is 2. The summed E-state index contributed by atoms with van der Waals surface area (Å²) < 4.78 is 0. The Balaban J connectivity index is 2.03. The van der Waals surface area contributed by atoms with E-state index in [9.17, 15) is 4.79 Å². The average molecular weight is 289 g/mol. The fourth-order valence-electron chi connectivity index (χ4n) is 1.52. The van der Waals surface area contributed by atoms with E-state index in [4.69, 9.17) is 17.3 Å². The van der Waals surface area contributed by atoms with Crippen molar-refractivity contribution in [1.82, 2.24) is 9.97 Å². The highest BCUT2D eigenvalue weighted by atomic mass is 35.5. The van der Waals surface area contributed by atoms with E-state index in [2.05, 4.69) is 15.3 Å². The van der Waals surface area contributed by atoms with Gasteiger partial charge in [-0.25, -0.2) is 9.97 Å². The predicted octanol–water partition coefficient (Wildman–Crippen LogP) is 2.67. The number of hydrogen-bond donors (Lipinski definition) is 2. The van der Waals surface area contributed by atoms with Crippen LogP contribution in [0.15, 0.2) is 36.4 Å². The van der Waals surface area contributed by atoms with Crippen molar-refractivity contribution in [3.63, 3.8) is 0 Å². The van der Waals surface area contributed by atoms with E-state index in [1.807, 2.05) is 12.1 Å². The molecule has 1 aromatic carbocycles. The molecule has 0 fully saturated rings. The number of carbonyl (C=O) groups is 1. The lowest BCUT2D eigenvalue weighted by Gasteiger charge is -2.02. The first kappa shape index (κ1) is 14.0. The van der Waals surface area contributed by atoms with Crippen molar-refractivity contribution in [3.8, 4) is 0 Å². The summed E-state index contributed by atoms with van der Waals surface area (Å²) in [5.41, 5.74) is 7.81. The van der Waals surface area contributed by atoms with Gasteiger partial charge in [0, 0.05) is 17.5 Å². The summed E-state index contributed by atoms with van der Waals surface area (Å²) in [6, 6.07) is 8.78.